The zero-order valence-corrected chi connectivity index (χ0v) is 8.37. The van der Waals surface area contributed by atoms with Crippen molar-refractivity contribution in [1.82, 2.24) is 4.98 Å². The van der Waals surface area contributed by atoms with Crippen LogP contribution in [0.3, 0.4) is 0 Å². The summed E-state index contributed by atoms with van der Waals surface area (Å²) >= 11 is 0. The van der Waals surface area contributed by atoms with E-state index >= 15 is 0 Å². The highest BCUT2D eigenvalue weighted by atomic mass is 16.1. The average molecular weight is 177 g/mol. The van der Waals surface area contributed by atoms with E-state index in [4.69, 9.17) is 0 Å². The zero-order valence-electron chi connectivity index (χ0n) is 8.37. The van der Waals surface area contributed by atoms with Crippen LogP contribution < -0.4 is 0 Å². The molecule has 0 N–H and O–H groups in total. The van der Waals surface area contributed by atoms with Gasteiger partial charge in [0.2, 0.25) is 0 Å². The van der Waals surface area contributed by atoms with Crippen molar-refractivity contribution in [2.45, 2.75) is 27.2 Å². The van der Waals surface area contributed by atoms with Gasteiger partial charge in [-0.15, -0.1) is 0 Å². The molecule has 13 heavy (non-hydrogen) atoms. The fourth-order valence-corrected chi connectivity index (χ4v) is 0.951. The van der Waals surface area contributed by atoms with Gasteiger partial charge in [-0.3, -0.25) is 9.78 Å². The fourth-order valence-electron chi connectivity index (χ4n) is 0.951. The van der Waals surface area contributed by atoms with Crippen molar-refractivity contribution in [2.75, 3.05) is 0 Å². The van der Waals surface area contributed by atoms with Gasteiger partial charge in [-0.2, -0.15) is 0 Å². The lowest BCUT2D eigenvalue weighted by atomic mass is 9.87. The first kappa shape index (κ1) is 9.90. The number of pyridine rings is 1. The van der Waals surface area contributed by atoms with Crippen LogP contribution in [0.25, 0.3) is 0 Å². The van der Waals surface area contributed by atoms with E-state index in [1.807, 2.05) is 32.9 Å². The van der Waals surface area contributed by atoms with Crippen molar-refractivity contribution in [3.63, 3.8) is 0 Å². The number of carbonyl (C=O) groups is 1. The average Bonchev–Trinajstić information content (AvgIpc) is 2.04. The largest absolute Gasteiger partial charge is 0.299 e. The Labute approximate surface area is 79.0 Å². The van der Waals surface area contributed by atoms with Crippen LogP contribution in [0.5, 0.6) is 0 Å². The Hall–Kier alpha value is -1.18. The minimum atomic E-state index is -0.247. The van der Waals surface area contributed by atoms with Gasteiger partial charge in [-0.1, -0.05) is 20.8 Å². The molecule has 1 aromatic heterocycles. The smallest absolute Gasteiger partial charge is 0.142 e. The molecule has 0 atom stereocenters. The second kappa shape index (κ2) is 3.69. The molecule has 0 unspecified atom stereocenters. The van der Waals surface area contributed by atoms with E-state index in [2.05, 4.69) is 4.98 Å². The van der Waals surface area contributed by atoms with E-state index < -0.39 is 0 Å². The van der Waals surface area contributed by atoms with Crippen LogP contribution in [0.15, 0.2) is 24.5 Å². The summed E-state index contributed by atoms with van der Waals surface area (Å²) in [5.74, 6) is 0.263. The second-order valence-corrected chi connectivity index (χ2v) is 4.21. The Morgan fingerprint density at radius 3 is 2.31 bits per heavy atom. The molecule has 0 saturated heterocycles. The quantitative estimate of drug-likeness (QED) is 0.693. The van der Waals surface area contributed by atoms with Gasteiger partial charge in [0.15, 0.2) is 0 Å². The summed E-state index contributed by atoms with van der Waals surface area (Å²) in [6.45, 7) is 5.82. The van der Waals surface area contributed by atoms with E-state index in [0.29, 0.717) is 6.42 Å². The van der Waals surface area contributed by atoms with Crippen LogP contribution >= 0.6 is 0 Å². The first-order valence-corrected chi connectivity index (χ1v) is 4.42. The summed E-state index contributed by atoms with van der Waals surface area (Å²) in [5.41, 5.74) is 0.790. The van der Waals surface area contributed by atoms with Gasteiger partial charge in [0, 0.05) is 24.2 Å². The Kier molecular flexibility index (Phi) is 2.81. The number of carbonyl (C=O) groups excluding carboxylic acids is 1. The monoisotopic (exact) mass is 177 g/mol. The Morgan fingerprint density at radius 2 is 1.85 bits per heavy atom. The maximum Gasteiger partial charge on any atom is 0.142 e. The molecular formula is C11H15NO. The van der Waals surface area contributed by atoms with Crippen molar-refractivity contribution in [1.29, 1.82) is 0 Å². The molecule has 0 spiro atoms. The lowest BCUT2D eigenvalue weighted by Crippen LogP contribution is -2.21. The summed E-state index contributed by atoms with van der Waals surface area (Å²) in [4.78, 5) is 15.5. The number of nitrogens with zero attached hydrogens (tertiary/aromatic N) is 1. The summed E-state index contributed by atoms with van der Waals surface area (Å²) in [5, 5.41) is 0. The number of ketones is 1. The van der Waals surface area contributed by atoms with Crippen LogP contribution in [-0.2, 0) is 11.2 Å². The summed E-state index contributed by atoms with van der Waals surface area (Å²) in [7, 11) is 0. The lowest BCUT2D eigenvalue weighted by Gasteiger charge is -2.16. The second-order valence-electron chi connectivity index (χ2n) is 4.21. The molecule has 0 radical (unpaired) electrons. The van der Waals surface area contributed by atoms with Gasteiger partial charge in [0.05, 0.1) is 0 Å². The number of hydrogen-bond donors (Lipinski definition) is 0. The zero-order chi connectivity index (χ0) is 9.90. The maximum absolute atomic E-state index is 11.6. The van der Waals surface area contributed by atoms with Crippen LogP contribution in [0.2, 0.25) is 0 Å². The predicted molar refractivity (Wildman–Crippen MR) is 52.4 cm³/mol. The van der Waals surface area contributed by atoms with Crippen molar-refractivity contribution in [3.05, 3.63) is 30.1 Å². The summed E-state index contributed by atoms with van der Waals surface area (Å²) < 4.78 is 0. The van der Waals surface area contributed by atoms with Crippen molar-refractivity contribution < 1.29 is 4.79 Å². The highest BCUT2D eigenvalue weighted by Crippen LogP contribution is 2.17. The van der Waals surface area contributed by atoms with Gasteiger partial charge in [0.1, 0.15) is 5.78 Å². The minimum absolute atomic E-state index is 0.247. The SMILES string of the molecule is CC(C)(C)C(=O)Cc1ccncc1. The molecule has 2 nitrogen and oxygen atoms in total. The van der Waals surface area contributed by atoms with Gasteiger partial charge < -0.3 is 0 Å². The Balaban J connectivity index is 2.66. The van der Waals surface area contributed by atoms with E-state index in [1.54, 1.807) is 12.4 Å². The van der Waals surface area contributed by atoms with E-state index in [9.17, 15) is 4.79 Å². The molecular weight excluding hydrogens is 162 g/mol. The highest BCUT2D eigenvalue weighted by molar-refractivity contribution is 5.85. The Morgan fingerprint density at radius 1 is 1.31 bits per heavy atom. The molecule has 0 bridgehead atoms. The van der Waals surface area contributed by atoms with Gasteiger partial charge >= 0.3 is 0 Å². The molecule has 0 fully saturated rings. The third-order valence-corrected chi connectivity index (χ3v) is 1.95. The van der Waals surface area contributed by atoms with Gasteiger partial charge in [0.25, 0.3) is 0 Å². The van der Waals surface area contributed by atoms with Crippen molar-refractivity contribution in [3.8, 4) is 0 Å². The van der Waals surface area contributed by atoms with Crippen LogP contribution in [0.1, 0.15) is 26.3 Å². The molecule has 70 valence electrons. The van der Waals surface area contributed by atoms with Crippen molar-refractivity contribution in [2.24, 2.45) is 5.41 Å². The molecule has 1 heterocycles. The first-order valence-electron chi connectivity index (χ1n) is 4.42. The molecule has 0 aliphatic carbocycles. The Bertz CT molecular complexity index is 285. The highest BCUT2D eigenvalue weighted by Gasteiger charge is 2.20. The van der Waals surface area contributed by atoms with Gasteiger partial charge in [-0.05, 0) is 17.7 Å². The summed E-state index contributed by atoms with van der Waals surface area (Å²) in [6, 6.07) is 3.76. The minimum Gasteiger partial charge on any atom is -0.299 e. The van der Waals surface area contributed by atoms with E-state index in [1.165, 1.54) is 0 Å². The number of hydrogen-bond acceptors (Lipinski definition) is 2. The molecule has 1 aromatic rings. The normalized spacial score (nSPS) is 11.3. The molecule has 0 saturated carbocycles. The molecule has 0 aliphatic heterocycles. The number of aromatic nitrogens is 1. The van der Waals surface area contributed by atoms with Gasteiger partial charge in [-0.25, -0.2) is 0 Å². The predicted octanol–water partition coefficient (Wildman–Crippen LogP) is 2.24. The van der Waals surface area contributed by atoms with Crippen molar-refractivity contribution >= 4 is 5.78 Å². The number of Topliss-reactive ketones (excluding diaryl/α,β-unsaturated/α-hetero) is 1. The van der Waals surface area contributed by atoms with Crippen LogP contribution in [0, 0.1) is 5.41 Å². The maximum atomic E-state index is 11.6. The summed E-state index contributed by atoms with van der Waals surface area (Å²) in [6.07, 6.45) is 3.93. The number of rotatable bonds is 2. The molecule has 2 heteroatoms. The fraction of sp³-hybridized carbons (Fsp3) is 0.455. The standard InChI is InChI=1S/C11H15NO/c1-11(2,3)10(13)8-9-4-6-12-7-5-9/h4-7H,8H2,1-3H3. The van der Waals surface area contributed by atoms with Crippen LogP contribution in [-0.4, -0.2) is 10.8 Å². The third-order valence-electron chi connectivity index (χ3n) is 1.95. The third kappa shape index (κ3) is 2.98. The lowest BCUT2D eigenvalue weighted by molar-refractivity contribution is -0.125. The van der Waals surface area contributed by atoms with E-state index in [0.717, 1.165) is 5.56 Å². The molecule has 1 rings (SSSR count). The molecule has 0 aromatic carbocycles. The molecule has 0 amide bonds. The molecule has 0 aliphatic rings. The van der Waals surface area contributed by atoms with E-state index in [-0.39, 0.29) is 11.2 Å². The topological polar surface area (TPSA) is 30.0 Å². The first-order chi connectivity index (χ1) is 6.00. The van der Waals surface area contributed by atoms with Crippen LogP contribution in [0.4, 0.5) is 0 Å².